The molecule has 3 nitrogen and oxygen atoms in total. The van der Waals surface area contributed by atoms with Gasteiger partial charge in [-0.1, -0.05) is 103 Å². The van der Waals surface area contributed by atoms with Crippen molar-refractivity contribution in [1.29, 1.82) is 0 Å². The van der Waals surface area contributed by atoms with Crippen molar-refractivity contribution >= 4 is 50.1 Å². The number of hydrogen-bond donors (Lipinski definition) is 0. The molecule has 0 radical (unpaired) electrons. The second-order valence-corrected chi connectivity index (χ2v) is 14.6. The lowest BCUT2D eigenvalue weighted by Crippen LogP contribution is -2.21. The fraction of sp³-hybridized carbons (Fsp3) is 0.167. The first-order valence-electron chi connectivity index (χ1n) is 18.6. The molecule has 0 amide bonds. The summed E-state index contributed by atoms with van der Waals surface area (Å²) in [6.45, 7) is 0. The maximum absolute atomic E-state index is 6.60. The maximum Gasteiger partial charge on any atom is 0.135 e. The zero-order valence-corrected chi connectivity index (χ0v) is 28.6. The molecular formula is C48H38N2O. The third kappa shape index (κ3) is 4.44. The predicted molar refractivity (Wildman–Crippen MR) is 212 cm³/mol. The first-order valence-corrected chi connectivity index (χ1v) is 18.6. The summed E-state index contributed by atoms with van der Waals surface area (Å²) in [5, 5.41) is 3.78. The summed E-state index contributed by atoms with van der Waals surface area (Å²) in [5.41, 5.74) is 15.7. The van der Waals surface area contributed by atoms with Crippen LogP contribution in [-0.4, -0.2) is 4.57 Å². The summed E-state index contributed by atoms with van der Waals surface area (Å²) in [7, 11) is 0. The van der Waals surface area contributed by atoms with E-state index in [4.69, 9.17) is 4.42 Å². The molecule has 11 rings (SSSR count). The molecule has 1 aliphatic heterocycles. The van der Waals surface area contributed by atoms with Crippen LogP contribution >= 0.6 is 0 Å². The number of aromatic nitrogens is 1. The van der Waals surface area contributed by atoms with Crippen LogP contribution in [0.3, 0.4) is 0 Å². The van der Waals surface area contributed by atoms with Crippen molar-refractivity contribution in [2.75, 3.05) is 4.90 Å². The number of anilines is 1. The highest BCUT2D eigenvalue weighted by atomic mass is 16.3. The van der Waals surface area contributed by atoms with Gasteiger partial charge in [0, 0.05) is 55.8 Å². The highest BCUT2D eigenvalue weighted by Gasteiger charge is 2.37. The molecule has 3 heterocycles. The number of allylic oxidation sites excluding steroid dienone is 12. The SMILES string of the molecule is C1=CC(C2=CC(N3C4=CC=C(c5ccc6c(c5)c5ccccc5n6C5CC=Cc6c5oc5ccccc65)CC4c4ccccc43)=CCC2)=CCC1. The lowest BCUT2D eigenvalue weighted by Gasteiger charge is -2.29. The highest BCUT2D eigenvalue weighted by molar-refractivity contribution is 6.09. The summed E-state index contributed by atoms with van der Waals surface area (Å²) < 4.78 is 9.12. The first-order chi connectivity index (χ1) is 25.3. The van der Waals surface area contributed by atoms with Gasteiger partial charge in [-0.15, -0.1) is 0 Å². The third-order valence-corrected chi connectivity index (χ3v) is 11.8. The monoisotopic (exact) mass is 658 g/mol. The molecule has 246 valence electrons. The number of hydrogen-bond acceptors (Lipinski definition) is 2. The number of rotatable bonds is 4. The molecule has 2 atom stereocenters. The van der Waals surface area contributed by atoms with Crippen LogP contribution in [0.4, 0.5) is 5.69 Å². The topological polar surface area (TPSA) is 21.3 Å². The Morgan fingerprint density at radius 3 is 2.49 bits per heavy atom. The number of nitrogens with zero attached hydrogens (tertiary/aromatic N) is 2. The van der Waals surface area contributed by atoms with Crippen molar-refractivity contribution in [3.8, 4) is 0 Å². The molecule has 4 aromatic carbocycles. The van der Waals surface area contributed by atoms with Gasteiger partial charge in [0.05, 0.1) is 6.04 Å². The van der Waals surface area contributed by atoms with Gasteiger partial charge in [-0.25, -0.2) is 0 Å². The van der Waals surface area contributed by atoms with E-state index in [1.165, 1.54) is 77.7 Å². The van der Waals surface area contributed by atoms with Crippen molar-refractivity contribution in [3.05, 3.63) is 185 Å². The molecule has 0 bridgehead atoms. The Labute approximate surface area is 298 Å². The molecule has 2 aromatic heterocycles. The molecule has 6 aromatic rings. The summed E-state index contributed by atoms with van der Waals surface area (Å²) in [5.74, 6) is 1.39. The Kier molecular flexibility index (Phi) is 6.46. The van der Waals surface area contributed by atoms with Crippen LogP contribution in [0.2, 0.25) is 0 Å². The van der Waals surface area contributed by atoms with Gasteiger partial charge < -0.3 is 13.9 Å². The molecular weight excluding hydrogens is 621 g/mol. The third-order valence-electron chi connectivity index (χ3n) is 11.8. The first kappa shape index (κ1) is 29.0. The van der Waals surface area contributed by atoms with Gasteiger partial charge >= 0.3 is 0 Å². The van der Waals surface area contributed by atoms with Gasteiger partial charge in [0.2, 0.25) is 0 Å². The molecule has 0 fully saturated rings. The molecule has 4 aliphatic carbocycles. The smallest absolute Gasteiger partial charge is 0.135 e. The van der Waals surface area contributed by atoms with E-state index in [1.54, 1.807) is 0 Å². The molecule has 51 heavy (non-hydrogen) atoms. The van der Waals surface area contributed by atoms with Crippen molar-refractivity contribution in [1.82, 2.24) is 4.57 Å². The van der Waals surface area contributed by atoms with Crippen LogP contribution < -0.4 is 4.90 Å². The number of para-hydroxylation sites is 3. The summed E-state index contributed by atoms with van der Waals surface area (Å²) in [6, 6.07) is 33.6. The van der Waals surface area contributed by atoms with Gasteiger partial charge in [0.25, 0.3) is 0 Å². The van der Waals surface area contributed by atoms with E-state index in [0.717, 1.165) is 49.9 Å². The quantitative estimate of drug-likeness (QED) is 0.188. The van der Waals surface area contributed by atoms with Gasteiger partial charge in [0.15, 0.2) is 0 Å². The fourth-order valence-electron chi connectivity index (χ4n) is 9.43. The molecule has 3 heteroatoms. The minimum atomic E-state index is 0.0973. The molecule has 0 saturated heterocycles. The van der Waals surface area contributed by atoms with Gasteiger partial charge in [-0.05, 0) is 109 Å². The van der Waals surface area contributed by atoms with Gasteiger partial charge in [0.1, 0.15) is 11.3 Å². The van der Waals surface area contributed by atoms with Crippen molar-refractivity contribution in [3.63, 3.8) is 0 Å². The highest BCUT2D eigenvalue weighted by Crippen LogP contribution is 2.52. The Balaban J connectivity index is 0.998. The van der Waals surface area contributed by atoms with E-state index >= 15 is 0 Å². The van der Waals surface area contributed by atoms with Crippen LogP contribution in [0.25, 0.3) is 44.4 Å². The van der Waals surface area contributed by atoms with E-state index in [-0.39, 0.29) is 6.04 Å². The van der Waals surface area contributed by atoms with E-state index in [9.17, 15) is 0 Å². The lowest BCUT2D eigenvalue weighted by molar-refractivity contribution is 0.461. The van der Waals surface area contributed by atoms with Crippen LogP contribution in [0.1, 0.15) is 72.9 Å². The van der Waals surface area contributed by atoms with Gasteiger partial charge in [-0.2, -0.15) is 0 Å². The predicted octanol–water partition coefficient (Wildman–Crippen LogP) is 12.7. The van der Waals surface area contributed by atoms with Crippen molar-refractivity contribution in [2.45, 2.75) is 50.5 Å². The Bertz CT molecular complexity index is 2660. The average Bonchev–Trinajstić information content (AvgIpc) is 3.86. The van der Waals surface area contributed by atoms with E-state index < -0.39 is 0 Å². The van der Waals surface area contributed by atoms with Crippen LogP contribution in [0.15, 0.2) is 167 Å². The molecule has 0 saturated carbocycles. The number of benzene rings is 4. The lowest BCUT2D eigenvalue weighted by atomic mass is 9.84. The Morgan fingerprint density at radius 2 is 1.55 bits per heavy atom. The van der Waals surface area contributed by atoms with Crippen LogP contribution in [0.5, 0.6) is 0 Å². The summed E-state index contributed by atoms with van der Waals surface area (Å²) in [4.78, 5) is 2.54. The molecule has 0 N–H and O–H groups in total. The molecule has 5 aliphatic rings. The second kappa shape index (κ2) is 11.4. The number of fused-ring (bicyclic) bond motifs is 9. The molecule has 0 spiro atoms. The van der Waals surface area contributed by atoms with Crippen molar-refractivity contribution in [2.24, 2.45) is 0 Å². The zero-order chi connectivity index (χ0) is 33.5. The Hall–Kier alpha value is -5.80. The largest absolute Gasteiger partial charge is 0.458 e. The standard InChI is InChI=1S/C48H38N2O/c1-2-12-31(13-3-1)32-14-10-15-35(28-32)49-42-20-7-4-16-36(42)40-29-33(24-26-44(40)49)34-25-27-45-41(30-34)37-17-5-8-21-43(37)50(45)46-22-11-19-39-38-18-6-9-23-47(38)51-48(39)46/h2,4-9,11-13,15-21,23-28,30,40,46H,1,3,10,14,22,29H2. The minimum Gasteiger partial charge on any atom is -0.458 e. The maximum atomic E-state index is 6.60. The summed E-state index contributed by atoms with van der Waals surface area (Å²) >= 11 is 0. The van der Waals surface area contributed by atoms with E-state index in [1.807, 2.05) is 0 Å². The Morgan fingerprint density at radius 1 is 0.686 bits per heavy atom. The van der Waals surface area contributed by atoms with Crippen molar-refractivity contribution < 1.29 is 4.42 Å². The summed E-state index contributed by atoms with van der Waals surface area (Å²) in [6.07, 6.45) is 27.7. The fourth-order valence-corrected chi connectivity index (χ4v) is 9.43. The van der Waals surface area contributed by atoms with Gasteiger partial charge in [-0.3, -0.25) is 0 Å². The second-order valence-electron chi connectivity index (χ2n) is 14.6. The van der Waals surface area contributed by atoms with Crippen LogP contribution in [-0.2, 0) is 0 Å². The van der Waals surface area contributed by atoms with Crippen LogP contribution in [0, 0.1) is 0 Å². The zero-order valence-electron chi connectivity index (χ0n) is 28.6. The normalized spacial score (nSPS) is 20.9. The van der Waals surface area contributed by atoms with E-state index in [2.05, 4.69) is 155 Å². The number of furan rings is 1. The minimum absolute atomic E-state index is 0.0973. The molecule has 2 unspecified atom stereocenters. The average molecular weight is 659 g/mol. The van der Waals surface area contributed by atoms with E-state index in [0.29, 0.717) is 5.92 Å².